The number of hydrogen-bond donors (Lipinski definition) is 0. The molecule has 1 saturated heterocycles. The minimum atomic E-state index is -0.418. The lowest BCUT2D eigenvalue weighted by Crippen LogP contribution is -2.49. The predicted molar refractivity (Wildman–Crippen MR) is 91.3 cm³/mol. The number of pyridine rings is 1. The summed E-state index contributed by atoms with van der Waals surface area (Å²) in [5.74, 6) is -0.756. The predicted octanol–water partition coefficient (Wildman–Crippen LogP) is 1.85. The fraction of sp³-hybridized carbons (Fsp3) is 0.316. The number of halogens is 1. The van der Waals surface area contributed by atoms with Crippen molar-refractivity contribution in [2.75, 3.05) is 26.2 Å². The molecule has 0 radical (unpaired) electrons. The van der Waals surface area contributed by atoms with Gasteiger partial charge in [-0.3, -0.25) is 14.6 Å². The Balaban J connectivity index is 1.81. The van der Waals surface area contributed by atoms with Crippen LogP contribution in [0.15, 0.2) is 48.7 Å². The summed E-state index contributed by atoms with van der Waals surface area (Å²) in [5.41, 5.74) is 1.59. The van der Waals surface area contributed by atoms with Crippen LogP contribution in [-0.4, -0.2) is 53.3 Å². The zero-order valence-corrected chi connectivity index (χ0v) is 13.8. The highest BCUT2D eigenvalue weighted by molar-refractivity contribution is 5.84. The molecular formula is C19H20FN3O2. The van der Waals surface area contributed by atoms with Crippen LogP contribution < -0.4 is 0 Å². The fourth-order valence-electron chi connectivity index (χ4n) is 3.04. The van der Waals surface area contributed by atoms with E-state index in [-0.39, 0.29) is 11.7 Å². The van der Waals surface area contributed by atoms with E-state index in [9.17, 15) is 14.0 Å². The Kier molecular flexibility index (Phi) is 5.38. The van der Waals surface area contributed by atoms with Gasteiger partial charge in [0.15, 0.2) is 0 Å². The third-order valence-corrected chi connectivity index (χ3v) is 4.48. The molecule has 2 amide bonds. The zero-order valence-electron chi connectivity index (χ0n) is 13.8. The molecule has 0 saturated carbocycles. The average molecular weight is 341 g/mol. The van der Waals surface area contributed by atoms with Gasteiger partial charge in [0.1, 0.15) is 5.82 Å². The molecule has 2 heterocycles. The lowest BCUT2D eigenvalue weighted by atomic mass is 9.92. The Labute approximate surface area is 146 Å². The Morgan fingerprint density at radius 3 is 2.44 bits per heavy atom. The zero-order chi connectivity index (χ0) is 17.6. The lowest BCUT2D eigenvalue weighted by molar-refractivity contribution is -0.136. The molecule has 3 rings (SSSR count). The quantitative estimate of drug-likeness (QED) is 0.780. The largest absolute Gasteiger partial charge is 0.342 e. The third-order valence-electron chi connectivity index (χ3n) is 4.48. The van der Waals surface area contributed by atoms with E-state index in [0.717, 1.165) is 17.7 Å². The molecular weight excluding hydrogens is 321 g/mol. The number of amides is 2. The van der Waals surface area contributed by atoms with Gasteiger partial charge in [0.25, 0.3) is 0 Å². The van der Waals surface area contributed by atoms with Crippen LogP contribution in [0.25, 0.3) is 0 Å². The van der Waals surface area contributed by atoms with Crippen molar-refractivity contribution >= 4 is 12.3 Å². The van der Waals surface area contributed by atoms with Gasteiger partial charge in [0.2, 0.25) is 12.3 Å². The maximum absolute atomic E-state index is 13.3. The average Bonchev–Trinajstić information content (AvgIpc) is 2.67. The van der Waals surface area contributed by atoms with Crippen LogP contribution >= 0.6 is 0 Å². The summed E-state index contributed by atoms with van der Waals surface area (Å²) in [6.45, 7) is 2.10. The van der Waals surface area contributed by atoms with Crippen molar-refractivity contribution in [1.82, 2.24) is 14.8 Å². The number of aromatic nitrogens is 1. The second kappa shape index (κ2) is 7.88. The molecule has 0 aliphatic carbocycles. The molecule has 1 fully saturated rings. The van der Waals surface area contributed by atoms with Gasteiger partial charge in [-0.15, -0.1) is 0 Å². The second-order valence-electron chi connectivity index (χ2n) is 6.10. The number of carbonyl (C=O) groups is 2. The molecule has 2 aromatic rings. The van der Waals surface area contributed by atoms with Gasteiger partial charge in [-0.25, -0.2) is 4.39 Å². The van der Waals surface area contributed by atoms with E-state index >= 15 is 0 Å². The molecule has 130 valence electrons. The van der Waals surface area contributed by atoms with Gasteiger partial charge in [-0.05, 0) is 29.8 Å². The molecule has 1 atom stereocenters. The van der Waals surface area contributed by atoms with Crippen LogP contribution in [0.1, 0.15) is 17.2 Å². The Morgan fingerprint density at radius 1 is 1.12 bits per heavy atom. The van der Waals surface area contributed by atoms with Crippen molar-refractivity contribution in [1.29, 1.82) is 0 Å². The molecule has 1 unspecified atom stereocenters. The molecule has 5 nitrogen and oxygen atoms in total. The number of benzene rings is 1. The first-order valence-corrected chi connectivity index (χ1v) is 8.31. The maximum Gasteiger partial charge on any atom is 0.230 e. The van der Waals surface area contributed by atoms with Crippen molar-refractivity contribution in [3.8, 4) is 0 Å². The number of hydrogen-bond acceptors (Lipinski definition) is 3. The van der Waals surface area contributed by atoms with Crippen LogP contribution in [0.3, 0.4) is 0 Å². The standard InChI is InChI=1S/C19H20FN3O2/c20-16-6-4-15(5-7-16)18(13-17-3-1-2-8-21-17)19(25)23-11-9-22(14-24)10-12-23/h1-8,14,18H,9-13H2. The molecule has 0 bridgehead atoms. The van der Waals surface area contributed by atoms with Crippen LogP contribution in [-0.2, 0) is 16.0 Å². The molecule has 1 aromatic heterocycles. The summed E-state index contributed by atoms with van der Waals surface area (Å²) < 4.78 is 13.3. The molecule has 1 aliphatic rings. The summed E-state index contributed by atoms with van der Waals surface area (Å²) in [5, 5.41) is 0. The normalized spacial score (nSPS) is 15.7. The first-order valence-electron chi connectivity index (χ1n) is 8.31. The Bertz CT molecular complexity index is 713. The first kappa shape index (κ1) is 17.1. The van der Waals surface area contributed by atoms with Crippen molar-refractivity contribution in [2.24, 2.45) is 0 Å². The van der Waals surface area contributed by atoms with Crippen LogP contribution in [0.2, 0.25) is 0 Å². The Hall–Kier alpha value is -2.76. The minimum Gasteiger partial charge on any atom is -0.342 e. The SMILES string of the molecule is O=CN1CCN(C(=O)C(Cc2ccccn2)c2ccc(F)cc2)CC1. The molecule has 0 spiro atoms. The monoisotopic (exact) mass is 341 g/mol. The summed E-state index contributed by atoms with van der Waals surface area (Å²) >= 11 is 0. The van der Waals surface area contributed by atoms with Crippen LogP contribution in [0, 0.1) is 5.82 Å². The van der Waals surface area contributed by atoms with Crippen molar-refractivity contribution in [3.05, 3.63) is 65.7 Å². The van der Waals surface area contributed by atoms with E-state index in [2.05, 4.69) is 4.98 Å². The minimum absolute atomic E-state index is 0.0113. The molecule has 1 aliphatic heterocycles. The smallest absolute Gasteiger partial charge is 0.230 e. The molecule has 6 heteroatoms. The van der Waals surface area contributed by atoms with Crippen molar-refractivity contribution < 1.29 is 14.0 Å². The molecule has 1 aromatic carbocycles. The third kappa shape index (κ3) is 4.21. The maximum atomic E-state index is 13.3. The van der Waals surface area contributed by atoms with E-state index in [0.29, 0.717) is 32.6 Å². The van der Waals surface area contributed by atoms with Gasteiger partial charge in [-0.1, -0.05) is 18.2 Å². The highest BCUT2D eigenvalue weighted by Gasteiger charge is 2.29. The van der Waals surface area contributed by atoms with E-state index in [4.69, 9.17) is 0 Å². The number of nitrogens with zero attached hydrogens (tertiary/aromatic N) is 3. The summed E-state index contributed by atoms with van der Waals surface area (Å²) in [6.07, 6.45) is 2.97. The molecule has 25 heavy (non-hydrogen) atoms. The summed E-state index contributed by atoms with van der Waals surface area (Å²) in [7, 11) is 0. The highest BCUT2D eigenvalue weighted by atomic mass is 19.1. The molecule has 0 N–H and O–H groups in total. The summed E-state index contributed by atoms with van der Waals surface area (Å²) in [4.78, 5) is 31.7. The van der Waals surface area contributed by atoms with Gasteiger partial charge >= 0.3 is 0 Å². The summed E-state index contributed by atoms with van der Waals surface area (Å²) in [6, 6.07) is 11.7. The van der Waals surface area contributed by atoms with Gasteiger partial charge in [-0.2, -0.15) is 0 Å². The van der Waals surface area contributed by atoms with E-state index in [1.807, 2.05) is 18.2 Å². The number of carbonyl (C=O) groups excluding carboxylic acids is 2. The van der Waals surface area contributed by atoms with E-state index in [1.54, 1.807) is 28.1 Å². The van der Waals surface area contributed by atoms with Crippen LogP contribution in [0.5, 0.6) is 0 Å². The van der Waals surface area contributed by atoms with Crippen LogP contribution in [0.4, 0.5) is 4.39 Å². The highest BCUT2D eigenvalue weighted by Crippen LogP contribution is 2.24. The van der Waals surface area contributed by atoms with Crippen molar-refractivity contribution in [3.63, 3.8) is 0 Å². The second-order valence-corrected chi connectivity index (χ2v) is 6.10. The first-order chi connectivity index (χ1) is 12.2. The van der Waals surface area contributed by atoms with E-state index in [1.165, 1.54) is 12.1 Å². The topological polar surface area (TPSA) is 53.5 Å². The van der Waals surface area contributed by atoms with E-state index < -0.39 is 5.92 Å². The lowest BCUT2D eigenvalue weighted by Gasteiger charge is -2.34. The van der Waals surface area contributed by atoms with Gasteiger partial charge in [0, 0.05) is 44.5 Å². The van der Waals surface area contributed by atoms with Gasteiger partial charge < -0.3 is 9.80 Å². The Morgan fingerprint density at radius 2 is 1.84 bits per heavy atom. The number of piperazine rings is 1. The van der Waals surface area contributed by atoms with Gasteiger partial charge in [0.05, 0.1) is 5.92 Å². The van der Waals surface area contributed by atoms with Crippen molar-refractivity contribution in [2.45, 2.75) is 12.3 Å². The fourth-order valence-corrected chi connectivity index (χ4v) is 3.04. The number of rotatable bonds is 5.